The molecule has 0 amide bonds. The van der Waals surface area contributed by atoms with Crippen LogP contribution in [0.1, 0.15) is 188 Å². The zero-order valence-electron chi connectivity index (χ0n) is 34.6. The van der Waals surface area contributed by atoms with Crippen LogP contribution in [-0.4, -0.2) is 36.1 Å². The fourth-order valence-corrected chi connectivity index (χ4v) is 6.42. The van der Waals surface area contributed by atoms with Crippen molar-refractivity contribution >= 4 is 0 Å². The molecular formula is C45H76O5. The highest BCUT2D eigenvalue weighted by molar-refractivity contribution is 5.50. The molecule has 0 bridgehead atoms. The second kappa shape index (κ2) is 19.7. The number of benzene rings is 2. The molecule has 2 rings (SSSR count). The predicted molar refractivity (Wildman–Crippen MR) is 212 cm³/mol. The van der Waals surface area contributed by atoms with Gasteiger partial charge < -0.3 is 24.4 Å². The molecule has 1 unspecified atom stereocenters. The molecule has 2 N–H and O–H groups in total. The molecule has 0 saturated carbocycles. The van der Waals surface area contributed by atoms with Crippen molar-refractivity contribution in [2.45, 2.75) is 195 Å². The van der Waals surface area contributed by atoms with E-state index in [0.717, 1.165) is 46.4 Å². The van der Waals surface area contributed by atoms with E-state index in [1.807, 2.05) is 0 Å². The topological polar surface area (TPSA) is 68.2 Å². The average Bonchev–Trinajstić information content (AvgIpc) is 2.98. The normalized spacial score (nSPS) is 13.6. The van der Waals surface area contributed by atoms with Gasteiger partial charge in [-0.1, -0.05) is 148 Å². The Morgan fingerprint density at radius 3 is 1.20 bits per heavy atom. The van der Waals surface area contributed by atoms with Gasteiger partial charge >= 0.3 is 0 Å². The molecule has 5 heteroatoms. The molecule has 0 radical (unpaired) electrons. The Morgan fingerprint density at radius 1 is 0.480 bits per heavy atom. The van der Waals surface area contributed by atoms with E-state index in [4.69, 9.17) is 14.2 Å². The Morgan fingerprint density at radius 2 is 0.820 bits per heavy atom. The third kappa shape index (κ3) is 14.9. The van der Waals surface area contributed by atoms with Crippen LogP contribution in [0.5, 0.6) is 11.5 Å². The minimum absolute atomic E-state index is 0.198. The first-order chi connectivity index (χ1) is 23.2. The highest BCUT2D eigenvalue weighted by atomic mass is 16.6. The van der Waals surface area contributed by atoms with E-state index in [2.05, 4.69) is 114 Å². The molecule has 0 aliphatic heterocycles. The Hall–Kier alpha value is -2.08. The summed E-state index contributed by atoms with van der Waals surface area (Å²) in [6.07, 6.45) is 12.7. The first-order valence-corrected chi connectivity index (χ1v) is 19.7. The first-order valence-electron chi connectivity index (χ1n) is 19.7. The standard InChI is InChI=1S/C45H76O5/c1-14-15-16-17-18-19-20-21-22-23-24-48-31-35(50-30-34-27-38(44(8,9)10)41(47)39(28-34)45(11,12)13)32-49-29-33-25-36(42(2,3)4)40(46)37(26-33)43(5,6)7/h25-28,35,46-47H,14-24,29-32H2,1-13H3. The van der Waals surface area contributed by atoms with Gasteiger partial charge in [0.2, 0.25) is 0 Å². The third-order valence-corrected chi connectivity index (χ3v) is 9.58. The van der Waals surface area contributed by atoms with Crippen LogP contribution >= 0.6 is 0 Å². The number of hydrogen-bond donors (Lipinski definition) is 2. The second-order valence-electron chi connectivity index (χ2n) is 18.8. The lowest BCUT2D eigenvalue weighted by atomic mass is 9.78. The lowest BCUT2D eigenvalue weighted by molar-refractivity contribution is -0.0702. The maximum Gasteiger partial charge on any atom is 0.123 e. The number of phenols is 2. The average molecular weight is 697 g/mol. The molecule has 2 aromatic rings. The van der Waals surface area contributed by atoms with Gasteiger partial charge in [0.25, 0.3) is 0 Å². The summed E-state index contributed by atoms with van der Waals surface area (Å²) >= 11 is 0. The molecule has 0 fully saturated rings. The van der Waals surface area contributed by atoms with Crippen LogP contribution in [-0.2, 0) is 49.1 Å². The van der Waals surface area contributed by atoms with Crippen molar-refractivity contribution in [3.8, 4) is 11.5 Å². The number of phenolic OH excluding ortho intramolecular Hbond substituents is 2. The largest absolute Gasteiger partial charge is 0.507 e. The molecule has 0 aliphatic carbocycles. The second-order valence-corrected chi connectivity index (χ2v) is 18.8. The van der Waals surface area contributed by atoms with E-state index in [0.29, 0.717) is 37.9 Å². The lowest BCUT2D eigenvalue weighted by Gasteiger charge is -2.29. The Bertz CT molecular complexity index is 1210. The van der Waals surface area contributed by atoms with E-state index in [1.54, 1.807) is 0 Å². The van der Waals surface area contributed by atoms with Crippen LogP contribution in [0.4, 0.5) is 0 Å². The van der Waals surface area contributed by atoms with Crippen molar-refractivity contribution in [2.24, 2.45) is 0 Å². The van der Waals surface area contributed by atoms with E-state index >= 15 is 0 Å². The first kappa shape index (κ1) is 44.1. The highest BCUT2D eigenvalue weighted by Gasteiger charge is 2.28. The van der Waals surface area contributed by atoms with Crippen LogP contribution in [0, 0.1) is 0 Å². The van der Waals surface area contributed by atoms with Gasteiger partial charge in [-0.25, -0.2) is 0 Å². The Balaban J connectivity index is 2.13. The number of hydrogen-bond acceptors (Lipinski definition) is 5. The van der Waals surface area contributed by atoms with Crippen molar-refractivity contribution in [3.63, 3.8) is 0 Å². The molecule has 5 nitrogen and oxygen atoms in total. The van der Waals surface area contributed by atoms with Gasteiger partial charge in [0.1, 0.15) is 17.6 Å². The summed E-state index contributed by atoms with van der Waals surface area (Å²) in [6.45, 7) is 30.3. The third-order valence-electron chi connectivity index (χ3n) is 9.58. The highest BCUT2D eigenvalue weighted by Crippen LogP contribution is 2.41. The summed E-state index contributed by atoms with van der Waals surface area (Å²) in [6, 6.07) is 8.35. The summed E-state index contributed by atoms with van der Waals surface area (Å²) in [5.74, 6) is 0.764. The predicted octanol–water partition coefficient (Wildman–Crippen LogP) is 12.3. The number of ether oxygens (including phenoxy) is 3. The van der Waals surface area contributed by atoms with E-state index in [1.165, 1.54) is 57.8 Å². The van der Waals surface area contributed by atoms with Crippen LogP contribution in [0.3, 0.4) is 0 Å². The van der Waals surface area contributed by atoms with Crippen molar-refractivity contribution < 1.29 is 24.4 Å². The van der Waals surface area contributed by atoms with Crippen molar-refractivity contribution in [1.82, 2.24) is 0 Å². The van der Waals surface area contributed by atoms with Crippen molar-refractivity contribution in [2.75, 3.05) is 19.8 Å². The minimum atomic E-state index is -0.246. The molecule has 1 atom stereocenters. The smallest absolute Gasteiger partial charge is 0.123 e. The van der Waals surface area contributed by atoms with E-state index < -0.39 is 0 Å². The maximum absolute atomic E-state index is 11.2. The van der Waals surface area contributed by atoms with Gasteiger partial charge in [-0.2, -0.15) is 0 Å². The van der Waals surface area contributed by atoms with Crippen molar-refractivity contribution in [1.29, 1.82) is 0 Å². The van der Waals surface area contributed by atoms with Crippen LogP contribution < -0.4 is 0 Å². The van der Waals surface area contributed by atoms with Gasteiger partial charge in [0.05, 0.1) is 26.4 Å². The molecular weight excluding hydrogens is 620 g/mol. The van der Waals surface area contributed by atoms with E-state index in [9.17, 15) is 10.2 Å². The minimum Gasteiger partial charge on any atom is -0.507 e. The fraction of sp³-hybridized carbons (Fsp3) is 0.733. The zero-order chi connectivity index (χ0) is 37.8. The fourth-order valence-electron chi connectivity index (χ4n) is 6.42. The van der Waals surface area contributed by atoms with Gasteiger partial charge in [0, 0.05) is 6.61 Å². The molecule has 0 heterocycles. The number of unbranched alkanes of at least 4 members (excludes halogenated alkanes) is 9. The van der Waals surface area contributed by atoms with E-state index in [-0.39, 0.29) is 27.8 Å². The van der Waals surface area contributed by atoms with Gasteiger partial charge in [-0.05, 0) is 85.7 Å². The summed E-state index contributed by atoms with van der Waals surface area (Å²) < 4.78 is 19.1. The van der Waals surface area contributed by atoms with Crippen LogP contribution in [0.15, 0.2) is 24.3 Å². The zero-order valence-corrected chi connectivity index (χ0v) is 34.6. The molecule has 286 valence electrons. The Labute approximate surface area is 307 Å². The molecule has 2 aromatic carbocycles. The summed E-state index contributed by atoms with van der Waals surface area (Å²) in [5, 5.41) is 22.4. The SMILES string of the molecule is CCCCCCCCCCCCOCC(COCc1cc(C(C)(C)C)c(O)c(C(C)(C)C)c1)OCc1cc(C(C)(C)C)c(O)c(C(C)(C)C)c1. The Kier molecular flexibility index (Phi) is 17.3. The maximum atomic E-state index is 11.2. The summed E-state index contributed by atoms with van der Waals surface area (Å²) in [5.41, 5.74) is 5.03. The molecule has 50 heavy (non-hydrogen) atoms. The monoisotopic (exact) mass is 697 g/mol. The van der Waals surface area contributed by atoms with Gasteiger partial charge in [-0.15, -0.1) is 0 Å². The van der Waals surface area contributed by atoms with Gasteiger partial charge in [0.15, 0.2) is 0 Å². The van der Waals surface area contributed by atoms with Crippen LogP contribution in [0.25, 0.3) is 0 Å². The lowest BCUT2D eigenvalue weighted by Crippen LogP contribution is -2.26. The molecule has 0 aliphatic rings. The number of rotatable bonds is 20. The van der Waals surface area contributed by atoms with Crippen molar-refractivity contribution in [3.05, 3.63) is 57.6 Å². The molecule has 0 spiro atoms. The molecule has 0 aromatic heterocycles. The molecule has 0 saturated heterocycles. The van der Waals surface area contributed by atoms with Crippen LogP contribution in [0.2, 0.25) is 0 Å². The number of aromatic hydroxyl groups is 2. The summed E-state index contributed by atoms with van der Waals surface area (Å²) in [4.78, 5) is 0. The van der Waals surface area contributed by atoms with Gasteiger partial charge in [-0.3, -0.25) is 0 Å². The summed E-state index contributed by atoms with van der Waals surface area (Å²) in [7, 11) is 0. The quantitative estimate of drug-likeness (QED) is 0.135.